The van der Waals surface area contributed by atoms with Crippen LogP contribution >= 0.6 is 0 Å². The first-order valence-electron chi connectivity index (χ1n) is 13.0. The number of benzene rings is 3. The van der Waals surface area contributed by atoms with Gasteiger partial charge < -0.3 is 19.7 Å². The van der Waals surface area contributed by atoms with E-state index in [0.717, 1.165) is 31.2 Å². The van der Waals surface area contributed by atoms with Crippen molar-refractivity contribution in [1.29, 1.82) is 0 Å². The molecule has 2 N–H and O–H groups in total. The molecule has 5 rings (SSSR count). The summed E-state index contributed by atoms with van der Waals surface area (Å²) in [5.41, 5.74) is 3.93. The van der Waals surface area contributed by atoms with E-state index in [1.54, 1.807) is 30.3 Å². The number of aliphatic hydroxyl groups excluding tert-OH is 1. The Morgan fingerprint density at radius 2 is 1.55 bits per heavy atom. The number of hydrogen-bond donors (Lipinski definition) is 2. The number of phenols is 1. The lowest BCUT2D eigenvalue weighted by Crippen LogP contribution is -2.29. The minimum Gasteiger partial charge on any atom is -0.508 e. The summed E-state index contributed by atoms with van der Waals surface area (Å²) in [5.74, 6) is -0.703. The van der Waals surface area contributed by atoms with Gasteiger partial charge in [0, 0.05) is 17.3 Å². The molecule has 1 heterocycles. The molecule has 7 heteroatoms. The molecule has 1 aliphatic heterocycles. The summed E-state index contributed by atoms with van der Waals surface area (Å²) in [5, 5.41) is 21.4. The fourth-order valence-corrected chi connectivity index (χ4v) is 5.30. The van der Waals surface area contributed by atoms with Crippen LogP contribution in [0.15, 0.2) is 66.2 Å². The molecule has 1 unspecified atom stereocenters. The number of nitrogens with zero attached hydrogens (tertiary/aromatic N) is 1. The van der Waals surface area contributed by atoms with E-state index in [0.29, 0.717) is 41.5 Å². The number of Topliss-reactive ketones (excluding diaryl/α,β-unsaturated/α-hetero) is 1. The van der Waals surface area contributed by atoms with Crippen LogP contribution in [0.4, 0.5) is 5.69 Å². The summed E-state index contributed by atoms with van der Waals surface area (Å²) in [4.78, 5) is 28.4. The van der Waals surface area contributed by atoms with Gasteiger partial charge in [0.1, 0.15) is 11.5 Å². The van der Waals surface area contributed by atoms with Crippen molar-refractivity contribution in [2.45, 2.75) is 45.6 Å². The fourth-order valence-electron chi connectivity index (χ4n) is 5.30. The Labute approximate surface area is 221 Å². The van der Waals surface area contributed by atoms with Crippen LogP contribution in [0.3, 0.4) is 0 Å². The highest BCUT2D eigenvalue weighted by Crippen LogP contribution is 2.44. The van der Waals surface area contributed by atoms with Gasteiger partial charge in [0.2, 0.25) is 0 Å². The van der Waals surface area contributed by atoms with Crippen molar-refractivity contribution in [3.05, 3.63) is 88.5 Å². The van der Waals surface area contributed by atoms with E-state index in [1.165, 1.54) is 22.6 Å². The highest BCUT2D eigenvalue weighted by atomic mass is 16.5. The monoisotopic (exact) mass is 513 g/mol. The second-order valence-corrected chi connectivity index (χ2v) is 9.45. The average molecular weight is 514 g/mol. The third-order valence-corrected chi connectivity index (χ3v) is 7.08. The number of ketones is 1. The van der Waals surface area contributed by atoms with Crippen LogP contribution in [-0.2, 0) is 22.4 Å². The first-order valence-corrected chi connectivity index (χ1v) is 13.0. The number of phenolic OH excluding ortho intramolecular Hbond substituents is 1. The van der Waals surface area contributed by atoms with E-state index in [4.69, 9.17) is 9.47 Å². The molecule has 0 aromatic heterocycles. The lowest BCUT2D eigenvalue weighted by atomic mass is 9.88. The van der Waals surface area contributed by atoms with E-state index in [2.05, 4.69) is 0 Å². The number of amides is 1. The summed E-state index contributed by atoms with van der Waals surface area (Å²) < 4.78 is 11.4. The number of carbonyl (C=O) groups is 2. The number of hydrogen-bond acceptors (Lipinski definition) is 6. The van der Waals surface area contributed by atoms with Crippen molar-refractivity contribution in [3.63, 3.8) is 0 Å². The fraction of sp³-hybridized carbons (Fsp3) is 0.290. The third kappa shape index (κ3) is 4.60. The number of aryl methyl sites for hydroxylation is 2. The second-order valence-electron chi connectivity index (χ2n) is 9.45. The van der Waals surface area contributed by atoms with Crippen LogP contribution < -0.4 is 14.4 Å². The van der Waals surface area contributed by atoms with E-state index in [9.17, 15) is 19.8 Å². The molecule has 7 nitrogen and oxygen atoms in total. The molecule has 2 aliphatic rings. The first-order chi connectivity index (χ1) is 18.4. The Balaban J connectivity index is 1.67. The molecule has 1 fully saturated rings. The number of fused-ring (bicyclic) bond motifs is 1. The van der Waals surface area contributed by atoms with Crippen LogP contribution in [-0.4, -0.2) is 35.1 Å². The van der Waals surface area contributed by atoms with E-state index in [-0.39, 0.29) is 17.1 Å². The molecular formula is C31H31NO6. The number of aliphatic hydroxyl groups is 1. The highest BCUT2D eigenvalue weighted by Gasteiger charge is 2.47. The topological polar surface area (TPSA) is 96.3 Å². The average Bonchev–Trinajstić information content (AvgIpc) is 3.19. The maximum atomic E-state index is 13.5. The minimum absolute atomic E-state index is 0.00305. The zero-order valence-electron chi connectivity index (χ0n) is 21.6. The summed E-state index contributed by atoms with van der Waals surface area (Å²) >= 11 is 0. The smallest absolute Gasteiger partial charge is 0.300 e. The lowest BCUT2D eigenvalue weighted by molar-refractivity contribution is -0.132. The molecule has 3 aromatic carbocycles. The Morgan fingerprint density at radius 1 is 0.868 bits per heavy atom. The molecule has 0 spiro atoms. The zero-order valence-corrected chi connectivity index (χ0v) is 21.6. The van der Waals surface area contributed by atoms with E-state index >= 15 is 0 Å². The van der Waals surface area contributed by atoms with Gasteiger partial charge >= 0.3 is 0 Å². The maximum absolute atomic E-state index is 13.5. The van der Waals surface area contributed by atoms with Gasteiger partial charge in [0.25, 0.3) is 11.7 Å². The van der Waals surface area contributed by atoms with Crippen LogP contribution in [0.5, 0.6) is 17.2 Å². The maximum Gasteiger partial charge on any atom is 0.300 e. The quantitative estimate of drug-likeness (QED) is 0.239. The van der Waals surface area contributed by atoms with Crippen molar-refractivity contribution in [2.75, 3.05) is 18.1 Å². The van der Waals surface area contributed by atoms with Crippen LogP contribution in [0.25, 0.3) is 5.76 Å². The summed E-state index contributed by atoms with van der Waals surface area (Å²) in [6.07, 6.45) is 4.12. The van der Waals surface area contributed by atoms with Gasteiger partial charge in [-0.1, -0.05) is 24.3 Å². The molecule has 38 heavy (non-hydrogen) atoms. The van der Waals surface area contributed by atoms with Crippen molar-refractivity contribution in [3.8, 4) is 17.2 Å². The molecule has 1 saturated heterocycles. The van der Waals surface area contributed by atoms with Crippen molar-refractivity contribution >= 4 is 23.1 Å². The molecule has 3 aromatic rings. The molecule has 196 valence electrons. The summed E-state index contributed by atoms with van der Waals surface area (Å²) in [7, 11) is 0. The number of ether oxygens (including phenoxy) is 2. The molecule has 1 aliphatic carbocycles. The van der Waals surface area contributed by atoms with Crippen LogP contribution in [0.1, 0.15) is 55.0 Å². The van der Waals surface area contributed by atoms with Crippen molar-refractivity contribution in [2.24, 2.45) is 0 Å². The Kier molecular flexibility index (Phi) is 7.09. The van der Waals surface area contributed by atoms with Crippen molar-refractivity contribution < 1.29 is 29.3 Å². The Bertz CT molecular complexity index is 1410. The van der Waals surface area contributed by atoms with Gasteiger partial charge in [-0.05, 0) is 86.6 Å². The van der Waals surface area contributed by atoms with Gasteiger partial charge in [-0.15, -0.1) is 0 Å². The van der Waals surface area contributed by atoms with E-state index in [1.807, 2.05) is 32.0 Å². The van der Waals surface area contributed by atoms with E-state index < -0.39 is 17.7 Å². The summed E-state index contributed by atoms with van der Waals surface area (Å²) in [6.45, 7) is 4.55. The van der Waals surface area contributed by atoms with Gasteiger partial charge in [-0.25, -0.2) is 0 Å². The molecule has 0 saturated carbocycles. The zero-order chi connectivity index (χ0) is 26.8. The molecule has 0 bridgehead atoms. The molecular weight excluding hydrogens is 482 g/mol. The number of anilines is 1. The number of rotatable bonds is 7. The van der Waals surface area contributed by atoms with Crippen molar-refractivity contribution in [1.82, 2.24) is 0 Å². The predicted molar refractivity (Wildman–Crippen MR) is 145 cm³/mol. The SMILES string of the molecule is CCOc1ccc(N2C(=O)C(=O)/C(=C(\O)c3ccc4c(c3)CCCC4)C2c2ccc(O)cc2)cc1OCC. The van der Waals surface area contributed by atoms with Gasteiger partial charge in [0.05, 0.1) is 24.8 Å². The first kappa shape index (κ1) is 25.4. The molecule has 0 radical (unpaired) electrons. The molecule has 1 atom stereocenters. The molecule has 1 amide bonds. The Morgan fingerprint density at radius 3 is 2.26 bits per heavy atom. The Hall–Kier alpha value is -4.26. The number of aromatic hydroxyl groups is 1. The predicted octanol–water partition coefficient (Wildman–Crippen LogP) is 5.69. The van der Waals surface area contributed by atoms with Gasteiger partial charge in [0.15, 0.2) is 11.5 Å². The lowest BCUT2D eigenvalue weighted by Gasteiger charge is -2.26. The second kappa shape index (κ2) is 10.6. The normalized spacial score (nSPS) is 18.4. The van der Waals surface area contributed by atoms with Crippen LogP contribution in [0.2, 0.25) is 0 Å². The minimum atomic E-state index is -0.904. The van der Waals surface area contributed by atoms with Gasteiger partial charge in [-0.2, -0.15) is 0 Å². The third-order valence-electron chi connectivity index (χ3n) is 7.08. The number of carbonyl (C=O) groups excluding carboxylic acids is 2. The van der Waals surface area contributed by atoms with Crippen LogP contribution in [0, 0.1) is 0 Å². The highest BCUT2D eigenvalue weighted by molar-refractivity contribution is 6.51. The summed E-state index contributed by atoms with van der Waals surface area (Å²) in [6, 6.07) is 16.2. The standard InChI is InChI=1S/C31H31NO6/c1-3-37-25-16-13-23(18-26(25)38-4-2)32-28(20-11-14-24(33)15-12-20)27(30(35)31(32)36)29(34)22-10-9-19-7-5-6-8-21(19)17-22/h9-18,28,33-34H,3-8H2,1-2H3/b29-27-. The largest absolute Gasteiger partial charge is 0.508 e. The van der Waals surface area contributed by atoms with Gasteiger partial charge in [-0.3, -0.25) is 14.5 Å².